The van der Waals surface area contributed by atoms with E-state index in [-0.39, 0.29) is 30.4 Å². The number of aryl methyl sites for hydroxylation is 1. The predicted octanol–water partition coefficient (Wildman–Crippen LogP) is 2.91. The number of hydrogen-bond acceptors (Lipinski definition) is 5. The number of benzene rings is 2. The second-order valence-electron chi connectivity index (χ2n) is 9.01. The zero-order chi connectivity index (χ0) is 24.6. The average Bonchev–Trinajstić information content (AvgIpc) is 3.37. The number of ether oxygens (including phenoxy) is 2. The molecule has 0 aromatic heterocycles. The van der Waals surface area contributed by atoms with Gasteiger partial charge in [0.1, 0.15) is 6.04 Å². The summed E-state index contributed by atoms with van der Waals surface area (Å²) in [6.07, 6.45) is 3.30. The number of piperidine rings is 1. The molecule has 0 radical (unpaired) electrons. The third kappa shape index (κ3) is 6.32. The van der Waals surface area contributed by atoms with Crippen LogP contribution < -0.4 is 20.1 Å². The van der Waals surface area contributed by atoms with E-state index in [1.807, 2.05) is 42.2 Å². The monoisotopic (exact) mass is 479 g/mol. The fourth-order valence-corrected chi connectivity index (χ4v) is 4.55. The van der Waals surface area contributed by atoms with E-state index in [2.05, 4.69) is 10.6 Å². The normalized spacial score (nSPS) is 16.0. The largest absolute Gasteiger partial charge is 0.454 e. The fourth-order valence-electron chi connectivity index (χ4n) is 4.55. The topological polar surface area (TPSA) is 97.0 Å². The Morgan fingerprint density at radius 2 is 1.77 bits per heavy atom. The Morgan fingerprint density at radius 1 is 1.03 bits per heavy atom. The summed E-state index contributed by atoms with van der Waals surface area (Å²) in [6.45, 7) is 3.82. The van der Waals surface area contributed by atoms with Crippen molar-refractivity contribution in [1.29, 1.82) is 0 Å². The van der Waals surface area contributed by atoms with E-state index >= 15 is 0 Å². The van der Waals surface area contributed by atoms with Crippen LogP contribution in [-0.4, -0.2) is 55.1 Å². The summed E-state index contributed by atoms with van der Waals surface area (Å²) in [5.74, 6) is 0.679. The molecule has 2 aromatic carbocycles. The van der Waals surface area contributed by atoms with Gasteiger partial charge in [-0.2, -0.15) is 0 Å². The zero-order valence-corrected chi connectivity index (χ0v) is 20.1. The van der Waals surface area contributed by atoms with Crippen LogP contribution in [0, 0.1) is 5.92 Å². The van der Waals surface area contributed by atoms with Gasteiger partial charge in [-0.3, -0.25) is 14.4 Å². The number of rotatable bonds is 9. The fraction of sp³-hybridized carbons (Fsp3) is 0.444. The summed E-state index contributed by atoms with van der Waals surface area (Å²) in [5.41, 5.74) is 1.56. The van der Waals surface area contributed by atoms with Crippen molar-refractivity contribution in [1.82, 2.24) is 15.5 Å². The molecule has 8 heteroatoms. The lowest BCUT2D eigenvalue weighted by Crippen LogP contribution is -2.54. The Balaban J connectivity index is 1.36. The highest BCUT2D eigenvalue weighted by Gasteiger charge is 2.34. The van der Waals surface area contributed by atoms with Crippen LogP contribution in [0.5, 0.6) is 11.5 Å². The van der Waals surface area contributed by atoms with Gasteiger partial charge < -0.3 is 25.0 Å². The molecule has 186 valence electrons. The van der Waals surface area contributed by atoms with Crippen molar-refractivity contribution in [3.05, 3.63) is 59.7 Å². The second kappa shape index (κ2) is 11.7. The predicted molar refractivity (Wildman–Crippen MR) is 131 cm³/mol. The second-order valence-corrected chi connectivity index (χ2v) is 9.01. The van der Waals surface area contributed by atoms with Crippen LogP contribution in [-0.2, 0) is 16.0 Å². The molecule has 2 aromatic rings. The number of likely N-dealkylation sites (tertiary alicyclic amines) is 1. The molecule has 0 bridgehead atoms. The lowest BCUT2D eigenvalue weighted by atomic mass is 9.88. The summed E-state index contributed by atoms with van der Waals surface area (Å²) in [4.78, 5) is 40.6. The first-order chi connectivity index (χ1) is 17.0. The number of nitrogens with zero attached hydrogens (tertiary/aromatic N) is 1. The van der Waals surface area contributed by atoms with Crippen molar-refractivity contribution in [2.75, 3.05) is 26.4 Å². The Hall–Kier alpha value is -3.55. The first-order valence-electron chi connectivity index (χ1n) is 12.3. The van der Waals surface area contributed by atoms with Crippen LogP contribution in [0.1, 0.15) is 48.5 Å². The number of amides is 3. The Bertz CT molecular complexity index is 1030. The van der Waals surface area contributed by atoms with E-state index in [1.165, 1.54) is 0 Å². The SMILES string of the molecule is CCCNC(=O)[C@H](NC(=O)c1ccc2c(c1)OCO2)C1CCN(C(=O)CCc2ccccc2)CC1. The van der Waals surface area contributed by atoms with E-state index < -0.39 is 6.04 Å². The maximum absolute atomic E-state index is 13.0. The quantitative estimate of drug-likeness (QED) is 0.577. The number of nitrogens with one attached hydrogen (secondary N) is 2. The lowest BCUT2D eigenvalue weighted by molar-refractivity contribution is -0.133. The standard InChI is InChI=1S/C27H33N3O5/c1-2-14-28-27(33)25(29-26(32)21-9-10-22-23(17-21)35-18-34-22)20-12-15-30(16-13-20)24(31)11-8-19-6-4-3-5-7-19/h3-7,9-10,17,20,25H,2,8,11-16,18H2,1H3,(H,28,33)(H,29,32)/t25-/m1/s1. The third-order valence-electron chi connectivity index (χ3n) is 6.59. The van der Waals surface area contributed by atoms with Crippen LogP contribution in [0.2, 0.25) is 0 Å². The molecule has 1 fully saturated rings. The summed E-state index contributed by atoms with van der Waals surface area (Å²) in [5, 5.41) is 5.86. The minimum Gasteiger partial charge on any atom is -0.454 e. The summed E-state index contributed by atoms with van der Waals surface area (Å²) < 4.78 is 10.7. The molecule has 2 heterocycles. The number of fused-ring (bicyclic) bond motifs is 1. The molecule has 2 aliphatic heterocycles. The van der Waals surface area contributed by atoms with E-state index in [0.29, 0.717) is 62.4 Å². The van der Waals surface area contributed by atoms with Crippen LogP contribution in [0.25, 0.3) is 0 Å². The Morgan fingerprint density at radius 3 is 2.51 bits per heavy atom. The van der Waals surface area contributed by atoms with Gasteiger partial charge in [0, 0.05) is 31.6 Å². The molecule has 0 spiro atoms. The first kappa shape index (κ1) is 24.6. The molecule has 1 saturated heterocycles. The Labute approximate surface area is 206 Å². The van der Waals surface area contributed by atoms with Gasteiger partial charge in [-0.1, -0.05) is 37.3 Å². The van der Waals surface area contributed by atoms with Crippen molar-refractivity contribution in [3.8, 4) is 11.5 Å². The molecular weight excluding hydrogens is 446 g/mol. The van der Waals surface area contributed by atoms with Gasteiger partial charge in [-0.15, -0.1) is 0 Å². The molecule has 3 amide bonds. The number of hydrogen-bond donors (Lipinski definition) is 2. The van der Waals surface area contributed by atoms with E-state index in [9.17, 15) is 14.4 Å². The number of carbonyl (C=O) groups excluding carboxylic acids is 3. The van der Waals surface area contributed by atoms with E-state index in [0.717, 1.165) is 12.0 Å². The first-order valence-corrected chi connectivity index (χ1v) is 12.3. The Kier molecular flexibility index (Phi) is 8.23. The summed E-state index contributed by atoms with van der Waals surface area (Å²) in [7, 11) is 0. The highest BCUT2D eigenvalue weighted by atomic mass is 16.7. The minimum atomic E-state index is -0.666. The minimum absolute atomic E-state index is 0.0528. The summed E-state index contributed by atoms with van der Waals surface area (Å²) >= 11 is 0. The van der Waals surface area contributed by atoms with Crippen LogP contribution in [0.3, 0.4) is 0 Å². The van der Waals surface area contributed by atoms with Crippen molar-refractivity contribution in [3.63, 3.8) is 0 Å². The van der Waals surface area contributed by atoms with Gasteiger partial charge in [0.05, 0.1) is 0 Å². The van der Waals surface area contributed by atoms with Crippen LogP contribution in [0.15, 0.2) is 48.5 Å². The lowest BCUT2D eigenvalue weighted by Gasteiger charge is -2.36. The van der Waals surface area contributed by atoms with Crippen molar-refractivity contribution in [2.24, 2.45) is 5.92 Å². The molecule has 35 heavy (non-hydrogen) atoms. The maximum Gasteiger partial charge on any atom is 0.252 e. The van der Waals surface area contributed by atoms with Crippen molar-refractivity contribution in [2.45, 2.75) is 45.1 Å². The number of carbonyl (C=O) groups is 3. The smallest absolute Gasteiger partial charge is 0.252 e. The summed E-state index contributed by atoms with van der Waals surface area (Å²) in [6, 6.07) is 14.3. The molecule has 1 atom stereocenters. The van der Waals surface area contributed by atoms with Crippen LogP contribution in [0.4, 0.5) is 0 Å². The average molecular weight is 480 g/mol. The third-order valence-corrected chi connectivity index (χ3v) is 6.59. The molecule has 0 unspecified atom stereocenters. The van der Waals surface area contributed by atoms with E-state index in [4.69, 9.17) is 9.47 Å². The molecule has 0 saturated carbocycles. The molecule has 2 N–H and O–H groups in total. The molecule has 2 aliphatic rings. The van der Waals surface area contributed by atoms with Crippen molar-refractivity contribution >= 4 is 17.7 Å². The molecular formula is C27H33N3O5. The van der Waals surface area contributed by atoms with Gasteiger partial charge in [0.15, 0.2) is 11.5 Å². The van der Waals surface area contributed by atoms with Gasteiger partial charge in [0.25, 0.3) is 5.91 Å². The van der Waals surface area contributed by atoms with Gasteiger partial charge >= 0.3 is 0 Å². The zero-order valence-electron chi connectivity index (χ0n) is 20.1. The maximum atomic E-state index is 13.0. The van der Waals surface area contributed by atoms with E-state index in [1.54, 1.807) is 18.2 Å². The van der Waals surface area contributed by atoms with Gasteiger partial charge in [0.2, 0.25) is 18.6 Å². The van der Waals surface area contributed by atoms with Gasteiger partial charge in [-0.25, -0.2) is 0 Å². The molecule has 0 aliphatic carbocycles. The molecule has 4 rings (SSSR count). The highest BCUT2D eigenvalue weighted by molar-refractivity contribution is 5.98. The van der Waals surface area contributed by atoms with Gasteiger partial charge in [-0.05, 0) is 55.4 Å². The highest BCUT2D eigenvalue weighted by Crippen LogP contribution is 2.32. The van der Waals surface area contributed by atoms with Crippen molar-refractivity contribution < 1.29 is 23.9 Å². The van der Waals surface area contributed by atoms with Crippen LogP contribution >= 0.6 is 0 Å². The molecule has 8 nitrogen and oxygen atoms in total.